The fourth-order valence-electron chi connectivity index (χ4n) is 2.57. The van der Waals surface area contributed by atoms with Crippen LogP contribution in [0, 0.1) is 27.7 Å². The fourth-order valence-corrected chi connectivity index (χ4v) is 3.39. The van der Waals surface area contributed by atoms with Crippen LogP contribution in [0.4, 0.5) is 0 Å². The van der Waals surface area contributed by atoms with E-state index in [9.17, 15) is 0 Å². The quantitative estimate of drug-likeness (QED) is 0.888. The van der Waals surface area contributed by atoms with Gasteiger partial charge in [-0.2, -0.15) is 0 Å². The molecule has 0 aliphatic heterocycles. The maximum Gasteiger partial charge on any atom is 0.0947 e. The standard InChI is InChI=1S/C17H24N2S/c1-6-18-16(9-17-19-14(5)10-20-17)15-8-12(3)11(2)7-13(15)4/h7-8,10,16,18H,6,9H2,1-5H3. The van der Waals surface area contributed by atoms with Crippen LogP contribution in [0.2, 0.25) is 0 Å². The van der Waals surface area contributed by atoms with Gasteiger partial charge in [0.2, 0.25) is 0 Å². The Kier molecular flexibility index (Phi) is 4.95. The number of thiazole rings is 1. The Morgan fingerprint density at radius 2 is 1.80 bits per heavy atom. The van der Waals surface area contributed by atoms with E-state index in [0.717, 1.165) is 18.7 Å². The topological polar surface area (TPSA) is 24.9 Å². The van der Waals surface area contributed by atoms with Gasteiger partial charge in [0.15, 0.2) is 0 Å². The van der Waals surface area contributed by atoms with Crippen molar-refractivity contribution >= 4 is 11.3 Å². The summed E-state index contributed by atoms with van der Waals surface area (Å²) in [4.78, 5) is 4.61. The number of aromatic nitrogens is 1. The van der Waals surface area contributed by atoms with Crippen molar-refractivity contribution in [2.45, 2.75) is 47.1 Å². The van der Waals surface area contributed by atoms with Crippen molar-refractivity contribution < 1.29 is 0 Å². The minimum Gasteiger partial charge on any atom is -0.310 e. The Morgan fingerprint density at radius 3 is 2.40 bits per heavy atom. The third kappa shape index (κ3) is 3.47. The summed E-state index contributed by atoms with van der Waals surface area (Å²) in [7, 11) is 0. The summed E-state index contributed by atoms with van der Waals surface area (Å²) in [6.07, 6.45) is 0.968. The SMILES string of the molecule is CCNC(Cc1nc(C)cs1)c1cc(C)c(C)cc1C. The van der Waals surface area contributed by atoms with Gasteiger partial charge in [-0.1, -0.05) is 19.1 Å². The van der Waals surface area contributed by atoms with E-state index in [-0.39, 0.29) is 0 Å². The lowest BCUT2D eigenvalue weighted by Gasteiger charge is -2.21. The Bertz CT molecular complexity index is 587. The lowest BCUT2D eigenvalue weighted by molar-refractivity contribution is 0.545. The maximum atomic E-state index is 4.61. The molecule has 0 aliphatic rings. The second kappa shape index (κ2) is 6.51. The minimum atomic E-state index is 0.352. The van der Waals surface area contributed by atoms with Crippen LogP contribution in [0.25, 0.3) is 0 Å². The van der Waals surface area contributed by atoms with E-state index in [0.29, 0.717) is 6.04 Å². The Morgan fingerprint density at radius 1 is 1.10 bits per heavy atom. The van der Waals surface area contributed by atoms with Crippen LogP contribution in [0.1, 0.15) is 45.9 Å². The number of nitrogens with zero attached hydrogens (tertiary/aromatic N) is 1. The number of rotatable bonds is 5. The number of aryl methyl sites for hydroxylation is 4. The number of nitrogens with one attached hydrogen (secondary N) is 1. The second-order valence-electron chi connectivity index (χ2n) is 5.49. The number of hydrogen-bond acceptors (Lipinski definition) is 3. The molecule has 0 spiro atoms. The minimum absolute atomic E-state index is 0.352. The highest BCUT2D eigenvalue weighted by atomic mass is 32.1. The van der Waals surface area contributed by atoms with Crippen LogP contribution >= 0.6 is 11.3 Å². The molecule has 0 amide bonds. The monoisotopic (exact) mass is 288 g/mol. The van der Waals surface area contributed by atoms with Gasteiger partial charge >= 0.3 is 0 Å². The molecule has 2 rings (SSSR count). The first-order valence-electron chi connectivity index (χ1n) is 7.23. The normalized spacial score (nSPS) is 12.7. The van der Waals surface area contributed by atoms with Crippen LogP contribution in [0.5, 0.6) is 0 Å². The number of benzene rings is 1. The van der Waals surface area contributed by atoms with E-state index in [2.05, 4.69) is 62.4 Å². The largest absolute Gasteiger partial charge is 0.310 e. The number of likely N-dealkylation sites (N-methyl/N-ethyl adjacent to an activating group) is 1. The molecule has 0 bridgehead atoms. The molecule has 0 radical (unpaired) electrons. The van der Waals surface area contributed by atoms with Gasteiger partial charge in [0.25, 0.3) is 0 Å². The van der Waals surface area contributed by atoms with E-state index < -0.39 is 0 Å². The predicted molar refractivity (Wildman–Crippen MR) is 87.6 cm³/mol. The zero-order valence-electron chi connectivity index (χ0n) is 13.1. The van der Waals surface area contributed by atoms with Crippen molar-refractivity contribution in [2.24, 2.45) is 0 Å². The van der Waals surface area contributed by atoms with Gasteiger partial charge in [-0.25, -0.2) is 4.98 Å². The molecule has 1 unspecified atom stereocenters. The average molecular weight is 288 g/mol. The van der Waals surface area contributed by atoms with E-state index in [1.165, 1.54) is 27.3 Å². The Labute approximate surface area is 126 Å². The molecule has 3 heteroatoms. The first kappa shape index (κ1) is 15.2. The van der Waals surface area contributed by atoms with E-state index in [1.807, 2.05) is 0 Å². The Hall–Kier alpha value is -1.19. The van der Waals surface area contributed by atoms with Crippen molar-refractivity contribution in [3.8, 4) is 0 Å². The first-order valence-corrected chi connectivity index (χ1v) is 8.11. The molecule has 1 N–H and O–H groups in total. The molecule has 0 saturated heterocycles. The molecule has 0 aliphatic carbocycles. The first-order chi connectivity index (χ1) is 9.51. The molecule has 1 atom stereocenters. The predicted octanol–water partition coefficient (Wildman–Crippen LogP) is 4.27. The zero-order chi connectivity index (χ0) is 14.7. The third-order valence-corrected chi connectivity index (χ3v) is 4.74. The summed E-state index contributed by atoms with van der Waals surface area (Å²) in [5.41, 5.74) is 6.63. The molecule has 1 heterocycles. The summed E-state index contributed by atoms with van der Waals surface area (Å²) in [6, 6.07) is 4.98. The van der Waals surface area contributed by atoms with Crippen LogP contribution in [0.3, 0.4) is 0 Å². The van der Waals surface area contributed by atoms with E-state index in [4.69, 9.17) is 0 Å². The highest BCUT2D eigenvalue weighted by Crippen LogP contribution is 2.26. The van der Waals surface area contributed by atoms with Crippen molar-refractivity contribution in [1.82, 2.24) is 10.3 Å². The van der Waals surface area contributed by atoms with Gasteiger partial charge in [-0.15, -0.1) is 11.3 Å². The highest BCUT2D eigenvalue weighted by molar-refractivity contribution is 7.09. The summed E-state index contributed by atoms with van der Waals surface area (Å²) in [5, 5.41) is 6.96. The average Bonchev–Trinajstić information content (AvgIpc) is 2.79. The van der Waals surface area contributed by atoms with Gasteiger partial charge in [-0.05, 0) is 56.5 Å². The van der Waals surface area contributed by atoms with E-state index in [1.54, 1.807) is 11.3 Å². The summed E-state index contributed by atoms with van der Waals surface area (Å²) in [5.74, 6) is 0. The third-order valence-electron chi connectivity index (χ3n) is 3.75. The van der Waals surface area contributed by atoms with Gasteiger partial charge in [0.1, 0.15) is 0 Å². The fraction of sp³-hybridized carbons (Fsp3) is 0.471. The van der Waals surface area contributed by atoms with Crippen LogP contribution < -0.4 is 5.32 Å². The van der Waals surface area contributed by atoms with Gasteiger partial charge in [-0.3, -0.25) is 0 Å². The lowest BCUT2D eigenvalue weighted by atomic mass is 9.94. The molecule has 2 aromatic rings. The molecule has 20 heavy (non-hydrogen) atoms. The van der Waals surface area contributed by atoms with Crippen molar-refractivity contribution in [2.75, 3.05) is 6.54 Å². The van der Waals surface area contributed by atoms with Gasteiger partial charge < -0.3 is 5.32 Å². The smallest absolute Gasteiger partial charge is 0.0947 e. The zero-order valence-corrected chi connectivity index (χ0v) is 13.9. The molecule has 0 saturated carbocycles. The van der Waals surface area contributed by atoms with Crippen LogP contribution in [-0.4, -0.2) is 11.5 Å². The maximum absolute atomic E-state index is 4.61. The lowest BCUT2D eigenvalue weighted by Crippen LogP contribution is -2.24. The van der Waals surface area contributed by atoms with Gasteiger partial charge in [0, 0.05) is 23.5 Å². The van der Waals surface area contributed by atoms with Crippen molar-refractivity contribution in [1.29, 1.82) is 0 Å². The summed E-state index contributed by atoms with van der Waals surface area (Å²) in [6.45, 7) is 11.8. The molecule has 108 valence electrons. The van der Waals surface area contributed by atoms with Crippen LogP contribution in [0.15, 0.2) is 17.5 Å². The van der Waals surface area contributed by atoms with Crippen molar-refractivity contribution in [3.05, 3.63) is 50.5 Å². The number of hydrogen-bond donors (Lipinski definition) is 1. The molecule has 1 aromatic heterocycles. The Balaban J connectivity index is 2.30. The molecule has 0 fully saturated rings. The highest BCUT2D eigenvalue weighted by Gasteiger charge is 2.16. The second-order valence-corrected chi connectivity index (χ2v) is 6.43. The van der Waals surface area contributed by atoms with Crippen LogP contribution in [-0.2, 0) is 6.42 Å². The van der Waals surface area contributed by atoms with E-state index >= 15 is 0 Å². The molecular formula is C17H24N2S. The molecular weight excluding hydrogens is 264 g/mol. The van der Waals surface area contributed by atoms with Crippen molar-refractivity contribution in [3.63, 3.8) is 0 Å². The summed E-state index contributed by atoms with van der Waals surface area (Å²) >= 11 is 1.76. The molecule has 1 aromatic carbocycles. The summed E-state index contributed by atoms with van der Waals surface area (Å²) < 4.78 is 0. The molecule has 2 nitrogen and oxygen atoms in total. The van der Waals surface area contributed by atoms with Gasteiger partial charge in [0.05, 0.1) is 5.01 Å².